The molecular formula is C23H35N4O3+. The second kappa shape index (κ2) is 11.7. The van der Waals surface area contributed by atoms with Crippen LogP contribution in [0.25, 0.3) is 0 Å². The van der Waals surface area contributed by atoms with Crippen LogP contribution in [0.15, 0.2) is 35.9 Å². The molecule has 0 spiro atoms. The summed E-state index contributed by atoms with van der Waals surface area (Å²) in [6.45, 7) is 4.50. The van der Waals surface area contributed by atoms with Gasteiger partial charge in [-0.05, 0) is 56.4 Å². The fourth-order valence-electron chi connectivity index (χ4n) is 3.95. The van der Waals surface area contributed by atoms with Crippen molar-refractivity contribution in [3.63, 3.8) is 0 Å². The average molecular weight is 416 g/mol. The monoisotopic (exact) mass is 415 g/mol. The largest absolute Gasteiger partial charge is 0.378 e. The molecule has 30 heavy (non-hydrogen) atoms. The molecule has 1 saturated heterocycles. The molecule has 1 aliphatic carbocycles. The van der Waals surface area contributed by atoms with Crippen molar-refractivity contribution < 1.29 is 19.2 Å². The molecule has 0 saturated carbocycles. The first-order valence-corrected chi connectivity index (χ1v) is 11.1. The summed E-state index contributed by atoms with van der Waals surface area (Å²) in [7, 11) is 1.87. The molecule has 0 aromatic heterocycles. The lowest BCUT2D eigenvalue weighted by Crippen LogP contribution is -3.11. The zero-order chi connectivity index (χ0) is 21.2. The van der Waals surface area contributed by atoms with E-state index in [2.05, 4.69) is 21.6 Å². The highest BCUT2D eigenvalue weighted by Crippen LogP contribution is 2.20. The Morgan fingerprint density at radius 2 is 1.80 bits per heavy atom. The van der Waals surface area contributed by atoms with Crippen molar-refractivity contribution in [2.24, 2.45) is 0 Å². The van der Waals surface area contributed by atoms with Crippen LogP contribution >= 0.6 is 0 Å². The summed E-state index contributed by atoms with van der Waals surface area (Å²) in [5, 5.41) is 5.90. The molecule has 1 fully saturated rings. The number of carbonyl (C=O) groups excluding carboxylic acids is 2. The number of hydrogen-bond acceptors (Lipinski definition) is 4. The molecule has 1 aromatic carbocycles. The van der Waals surface area contributed by atoms with Crippen LogP contribution in [0.3, 0.4) is 0 Å². The molecule has 2 amide bonds. The van der Waals surface area contributed by atoms with Crippen molar-refractivity contribution >= 4 is 23.2 Å². The number of ether oxygens (including phenoxy) is 1. The molecule has 3 N–H and O–H groups in total. The zero-order valence-electron chi connectivity index (χ0n) is 18.0. The summed E-state index contributed by atoms with van der Waals surface area (Å²) in [4.78, 5) is 27.6. The normalized spacial score (nSPS) is 17.8. The fourth-order valence-corrected chi connectivity index (χ4v) is 3.95. The molecule has 1 aromatic rings. The lowest BCUT2D eigenvalue weighted by molar-refractivity contribution is -0.862. The number of anilines is 2. The minimum atomic E-state index is -0.0909. The number of rotatable bonds is 9. The first kappa shape index (κ1) is 22.3. The van der Waals surface area contributed by atoms with E-state index in [1.807, 2.05) is 31.3 Å². The van der Waals surface area contributed by atoms with E-state index >= 15 is 0 Å². The molecule has 2 aliphatic rings. The van der Waals surface area contributed by atoms with Gasteiger partial charge in [0.1, 0.15) is 0 Å². The number of nitrogens with zero attached hydrogens (tertiary/aromatic N) is 1. The second-order valence-electron chi connectivity index (χ2n) is 8.21. The minimum Gasteiger partial charge on any atom is -0.378 e. The molecule has 1 aliphatic heterocycles. The Kier molecular flexibility index (Phi) is 8.71. The van der Waals surface area contributed by atoms with E-state index in [1.54, 1.807) is 0 Å². The Hall–Kier alpha value is -2.38. The fraction of sp³-hybridized carbons (Fsp3) is 0.565. The summed E-state index contributed by atoms with van der Waals surface area (Å²) < 4.78 is 5.38. The van der Waals surface area contributed by atoms with Gasteiger partial charge in [-0.15, -0.1) is 0 Å². The maximum atomic E-state index is 12.3. The van der Waals surface area contributed by atoms with Crippen LogP contribution in [0.4, 0.5) is 11.4 Å². The quantitative estimate of drug-likeness (QED) is 0.526. The Morgan fingerprint density at radius 1 is 1.07 bits per heavy atom. The number of benzene rings is 1. The molecule has 0 bridgehead atoms. The highest BCUT2D eigenvalue weighted by Gasteiger charge is 2.15. The zero-order valence-corrected chi connectivity index (χ0v) is 18.0. The maximum Gasteiger partial charge on any atom is 0.279 e. The number of amides is 2. The van der Waals surface area contributed by atoms with Crippen molar-refractivity contribution in [2.75, 3.05) is 63.2 Å². The highest BCUT2D eigenvalue weighted by molar-refractivity contribution is 5.91. The molecular weight excluding hydrogens is 380 g/mol. The summed E-state index contributed by atoms with van der Waals surface area (Å²) in [5.41, 5.74) is 3.37. The number of nitrogens with one attached hydrogen (secondary N) is 3. The first-order chi connectivity index (χ1) is 14.6. The van der Waals surface area contributed by atoms with Gasteiger partial charge in [0.2, 0.25) is 0 Å². The number of allylic oxidation sites excluding steroid dienone is 1. The second-order valence-corrected chi connectivity index (χ2v) is 8.21. The number of carbonyl (C=O) groups is 2. The van der Waals surface area contributed by atoms with Gasteiger partial charge in [-0.2, -0.15) is 0 Å². The van der Waals surface area contributed by atoms with Gasteiger partial charge < -0.3 is 25.2 Å². The molecule has 3 rings (SSSR count). The number of quaternary nitrogens is 1. The number of likely N-dealkylation sites (N-methyl/N-ethyl adjacent to an activating group) is 1. The van der Waals surface area contributed by atoms with Crippen molar-refractivity contribution in [3.05, 3.63) is 35.9 Å². The predicted molar refractivity (Wildman–Crippen MR) is 119 cm³/mol. The lowest BCUT2D eigenvalue weighted by atomic mass is 9.97. The van der Waals surface area contributed by atoms with Gasteiger partial charge in [0.15, 0.2) is 13.1 Å². The Labute approximate surface area is 179 Å². The van der Waals surface area contributed by atoms with E-state index in [-0.39, 0.29) is 18.4 Å². The molecule has 7 nitrogen and oxygen atoms in total. The third-order valence-corrected chi connectivity index (χ3v) is 5.61. The third-order valence-electron chi connectivity index (χ3n) is 5.61. The van der Waals surface area contributed by atoms with E-state index in [0.717, 1.165) is 55.4 Å². The lowest BCUT2D eigenvalue weighted by Gasteiger charge is -2.28. The van der Waals surface area contributed by atoms with Crippen LogP contribution < -0.4 is 20.4 Å². The molecule has 7 heteroatoms. The van der Waals surface area contributed by atoms with Crippen LogP contribution in [0.1, 0.15) is 32.1 Å². The molecule has 1 atom stereocenters. The molecule has 0 radical (unpaired) electrons. The predicted octanol–water partition coefficient (Wildman–Crippen LogP) is 0.983. The topological polar surface area (TPSA) is 75.1 Å². The van der Waals surface area contributed by atoms with E-state index in [0.29, 0.717) is 13.1 Å². The van der Waals surface area contributed by atoms with Crippen LogP contribution in [0.5, 0.6) is 0 Å². The van der Waals surface area contributed by atoms with E-state index < -0.39 is 0 Å². The van der Waals surface area contributed by atoms with Gasteiger partial charge in [0.05, 0.1) is 20.3 Å². The van der Waals surface area contributed by atoms with Crippen LogP contribution in [-0.2, 0) is 14.3 Å². The average Bonchev–Trinajstić information content (AvgIpc) is 2.75. The van der Waals surface area contributed by atoms with Gasteiger partial charge in [-0.1, -0.05) is 11.6 Å². The first-order valence-electron chi connectivity index (χ1n) is 11.1. The highest BCUT2D eigenvalue weighted by atomic mass is 16.5. The van der Waals surface area contributed by atoms with Gasteiger partial charge >= 0.3 is 0 Å². The van der Waals surface area contributed by atoms with Crippen molar-refractivity contribution in [1.29, 1.82) is 0 Å². The van der Waals surface area contributed by atoms with Crippen LogP contribution in [0, 0.1) is 0 Å². The standard InChI is InChI=1S/C23H34N4O3/c1-26(17-22(28)24-12-11-19-5-3-2-4-6-19)18-23(29)25-20-7-9-21(10-8-20)27-13-15-30-16-14-27/h5,7-10H,2-4,6,11-18H2,1H3,(H,24,28)(H,25,29)/p+1. The summed E-state index contributed by atoms with van der Waals surface area (Å²) in [6, 6.07) is 7.88. The van der Waals surface area contributed by atoms with Crippen LogP contribution in [0.2, 0.25) is 0 Å². The van der Waals surface area contributed by atoms with Gasteiger partial charge in [0.25, 0.3) is 11.8 Å². The Morgan fingerprint density at radius 3 is 2.50 bits per heavy atom. The van der Waals surface area contributed by atoms with E-state index in [9.17, 15) is 9.59 Å². The summed E-state index contributed by atoms with van der Waals surface area (Å²) >= 11 is 0. The van der Waals surface area contributed by atoms with Crippen molar-refractivity contribution in [3.8, 4) is 0 Å². The van der Waals surface area contributed by atoms with Crippen molar-refractivity contribution in [2.45, 2.75) is 32.1 Å². The van der Waals surface area contributed by atoms with E-state index in [1.165, 1.54) is 24.8 Å². The minimum absolute atomic E-state index is 0.00780. The Bertz CT molecular complexity index is 726. The third kappa shape index (κ3) is 7.46. The molecule has 164 valence electrons. The number of morpholine rings is 1. The Balaban J connectivity index is 1.34. The van der Waals surface area contributed by atoms with Gasteiger partial charge in [0, 0.05) is 31.0 Å². The van der Waals surface area contributed by atoms with E-state index in [4.69, 9.17) is 4.74 Å². The van der Waals surface area contributed by atoms with Gasteiger partial charge in [-0.25, -0.2) is 0 Å². The summed E-state index contributed by atoms with van der Waals surface area (Å²) in [5.74, 6) is -0.0987. The smallest absolute Gasteiger partial charge is 0.279 e. The maximum absolute atomic E-state index is 12.3. The van der Waals surface area contributed by atoms with Crippen molar-refractivity contribution in [1.82, 2.24) is 5.32 Å². The molecule has 1 unspecified atom stereocenters. The SMILES string of the molecule is C[NH+](CC(=O)NCCC1=CCCCC1)CC(=O)Nc1ccc(N2CCOCC2)cc1. The summed E-state index contributed by atoms with van der Waals surface area (Å²) in [6.07, 6.45) is 8.12. The van der Waals surface area contributed by atoms with Crippen LogP contribution in [-0.4, -0.2) is 64.8 Å². The van der Waals surface area contributed by atoms with Gasteiger partial charge in [-0.3, -0.25) is 9.59 Å². The number of hydrogen-bond donors (Lipinski definition) is 3. The molecule has 1 heterocycles.